The van der Waals surface area contributed by atoms with Crippen LogP contribution in [0.3, 0.4) is 0 Å². The average Bonchev–Trinajstić information content (AvgIpc) is 3.38. The summed E-state index contributed by atoms with van der Waals surface area (Å²) in [6.45, 7) is 5.03. The van der Waals surface area contributed by atoms with E-state index in [2.05, 4.69) is 25.0 Å². The van der Waals surface area contributed by atoms with E-state index in [-0.39, 0.29) is 17.3 Å². The molecular weight excluding hydrogens is 488 g/mol. The van der Waals surface area contributed by atoms with E-state index in [4.69, 9.17) is 10.8 Å². The molecule has 0 aliphatic heterocycles. The number of hydrogen-bond acceptors (Lipinski definition) is 9. The van der Waals surface area contributed by atoms with Gasteiger partial charge in [0.2, 0.25) is 0 Å². The number of anilines is 3. The Morgan fingerprint density at radius 1 is 1.29 bits per heavy atom. The van der Waals surface area contributed by atoms with Crippen molar-refractivity contribution in [3.8, 4) is 0 Å². The molecule has 0 aliphatic rings. The summed E-state index contributed by atoms with van der Waals surface area (Å²) in [6, 6.07) is 10.0. The molecule has 12 heteroatoms. The van der Waals surface area contributed by atoms with Gasteiger partial charge in [0.05, 0.1) is 12.3 Å². The number of rotatable bonds is 7. The molecular formula is C23H24N6O4S2. The van der Waals surface area contributed by atoms with Crippen molar-refractivity contribution < 1.29 is 15.0 Å². The van der Waals surface area contributed by atoms with Crippen molar-refractivity contribution in [1.82, 2.24) is 9.36 Å². The van der Waals surface area contributed by atoms with Gasteiger partial charge in [0, 0.05) is 5.69 Å². The molecule has 35 heavy (non-hydrogen) atoms. The lowest BCUT2D eigenvalue weighted by Gasteiger charge is -2.14. The quantitative estimate of drug-likeness (QED) is 0.164. The molecule has 182 valence electrons. The van der Waals surface area contributed by atoms with E-state index in [1.54, 1.807) is 6.92 Å². The highest BCUT2D eigenvalue weighted by Gasteiger charge is 2.21. The zero-order valence-electron chi connectivity index (χ0n) is 19.2. The number of thiazole rings is 1. The van der Waals surface area contributed by atoms with Crippen molar-refractivity contribution in [3.63, 3.8) is 0 Å². The molecule has 2 aromatic carbocycles. The fraction of sp³-hybridized carbons (Fsp3) is 0.217. The van der Waals surface area contributed by atoms with E-state index in [1.807, 2.05) is 44.2 Å². The second-order valence-corrected chi connectivity index (χ2v) is 9.66. The SMILES string of the molecule is Cc1cc2ccccc2c(C)c1NC(=O)c1sc(Nc2s[nH]c(=O)c2C(N)=NC(O)CO)nc1C. The largest absolute Gasteiger partial charge is 0.392 e. The van der Waals surface area contributed by atoms with E-state index in [9.17, 15) is 14.7 Å². The molecule has 4 aromatic rings. The average molecular weight is 513 g/mol. The highest BCUT2D eigenvalue weighted by atomic mass is 32.1. The van der Waals surface area contributed by atoms with Crippen molar-refractivity contribution in [2.75, 3.05) is 17.2 Å². The highest BCUT2D eigenvalue weighted by molar-refractivity contribution is 7.18. The number of aromatic nitrogens is 2. The van der Waals surface area contributed by atoms with Crippen LogP contribution in [0.5, 0.6) is 0 Å². The van der Waals surface area contributed by atoms with Crippen LogP contribution in [0.25, 0.3) is 10.8 Å². The van der Waals surface area contributed by atoms with Crippen LogP contribution in [0, 0.1) is 20.8 Å². The van der Waals surface area contributed by atoms with E-state index < -0.39 is 18.4 Å². The number of nitrogens with zero attached hydrogens (tertiary/aromatic N) is 2. The normalized spacial score (nSPS) is 12.7. The maximum Gasteiger partial charge on any atom is 0.271 e. The lowest BCUT2D eigenvalue weighted by atomic mass is 9.99. The van der Waals surface area contributed by atoms with Gasteiger partial charge < -0.3 is 26.6 Å². The second kappa shape index (κ2) is 9.96. The van der Waals surface area contributed by atoms with Gasteiger partial charge in [0.1, 0.15) is 21.3 Å². The van der Waals surface area contributed by atoms with E-state index in [0.717, 1.165) is 50.5 Å². The van der Waals surface area contributed by atoms with Crippen LogP contribution in [-0.2, 0) is 0 Å². The monoisotopic (exact) mass is 512 g/mol. The fourth-order valence-electron chi connectivity index (χ4n) is 3.71. The molecule has 0 fully saturated rings. The van der Waals surface area contributed by atoms with Gasteiger partial charge in [-0.1, -0.05) is 35.6 Å². The first kappa shape index (κ1) is 24.5. The third kappa shape index (κ3) is 4.95. The molecule has 2 aromatic heterocycles. The van der Waals surface area contributed by atoms with Gasteiger partial charge in [0.25, 0.3) is 11.5 Å². The van der Waals surface area contributed by atoms with Crippen LogP contribution in [0.15, 0.2) is 40.1 Å². The van der Waals surface area contributed by atoms with E-state index >= 15 is 0 Å². The fourth-order valence-corrected chi connectivity index (χ4v) is 5.38. The zero-order chi connectivity index (χ0) is 25.3. The van der Waals surface area contributed by atoms with Gasteiger partial charge in [-0.15, -0.1) is 0 Å². The van der Waals surface area contributed by atoms with Gasteiger partial charge in [-0.2, -0.15) is 0 Å². The lowest BCUT2D eigenvalue weighted by Crippen LogP contribution is -2.25. The summed E-state index contributed by atoms with van der Waals surface area (Å²) in [5.41, 5.74) is 8.58. The number of aliphatic hydroxyl groups is 2. The third-order valence-electron chi connectivity index (χ3n) is 5.38. The highest BCUT2D eigenvalue weighted by Crippen LogP contribution is 2.32. The van der Waals surface area contributed by atoms with Gasteiger partial charge in [-0.05, 0) is 60.3 Å². The molecule has 7 N–H and O–H groups in total. The Balaban J connectivity index is 1.60. The number of nitrogens with two attached hydrogens (primary N) is 1. The Hall–Kier alpha value is -3.58. The predicted octanol–water partition coefficient (Wildman–Crippen LogP) is 2.98. The first-order valence-electron chi connectivity index (χ1n) is 10.6. The minimum absolute atomic E-state index is 0.0174. The number of fused-ring (bicyclic) bond motifs is 1. The number of carbonyl (C=O) groups excluding carboxylic acids is 1. The first-order valence-corrected chi connectivity index (χ1v) is 12.2. The number of aliphatic imine (C=N–C) groups is 1. The molecule has 0 spiro atoms. The molecule has 4 rings (SSSR count). The summed E-state index contributed by atoms with van der Waals surface area (Å²) >= 11 is 2.11. The number of nitrogens with one attached hydrogen (secondary N) is 3. The smallest absolute Gasteiger partial charge is 0.271 e. The van der Waals surface area contributed by atoms with Crippen molar-refractivity contribution >= 4 is 61.2 Å². The maximum atomic E-state index is 13.2. The molecule has 1 unspecified atom stereocenters. The molecule has 0 radical (unpaired) electrons. The van der Waals surface area contributed by atoms with Crippen LogP contribution in [0.1, 0.15) is 32.1 Å². The number of amidine groups is 1. The van der Waals surface area contributed by atoms with Gasteiger partial charge in [0.15, 0.2) is 11.4 Å². The molecule has 0 aliphatic carbocycles. The predicted molar refractivity (Wildman–Crippen MR) is 140 cm³/mol. The number of hydrogen-bond donors (Lipinski definition) is 6. The Morgan fingerprint density at radius 2 is 2.03 bits per heavy atom. The number of benzene rings is 2. The van der Waals surface area contributed by atoms with Crippen molar-refractivity contribution in [2.24, 2.45) is 10.7 Å². The number of amides is 1. The summed E-state index contributed by atoms with van der Waals surface area (Å²) in [6.07, 6.45) is -1.44. The molecule has 0 bridgehead atoms. The Morgan fingerprint density at radius 3 is 2.77 bits per heavy atom. The molecule has 1 atom stereocenters. The molecule has 10 nitrogen and oxygen atoms in total. The number of aryl methyl sites for hydroxylation is 3. The summed E-state index contributed by atoms with van der Waals surface area (Å²) in [4.78, 5) is 33.9. The van der Waals surface area contributed by atoms with Crippen molar-refractivity contribution in [2.45, 2.75) is 27.0 Å². The van der Waals surface area contributed by atoms with E-state index in [0.29, 0.717) is 20.7 Å². The molecule has 2 heterocycles. The Bertz CT molecular complexity index is 1500. The number of aliphatic hydroxyl groups excluding tert-OH is 2. The van der Waals surface area contributed by atoms with Crippen LogP contribution in [-0.4, -0.2) is 44.1 Å². The Labute approximate surface area is 208 Å². The third-order valence-corrected chi connectivity index (χ3v) is 7.24. The minimum Gasteiger partial charge on any atom is -0.392 e. The van der Waals surface area contributed by atoms with Crippen LogP contribution < -0.4 is 21.9 Å². The van der Waals surface area contributed by atoms with Crippen molar-refractivity contribution in [3.05, 3.63) is 67.9 Å². The second-order valence-electron chi connectivity index (χ2n) is 7.84. The molecule has 0 saturated carbocycles. The van der Waals surface area contributed by atoms with Crippen molar-refractivity contribution in [1.29, 1.82) is 0 Å². The number of aromatic amines is 1. The van der Waals surface area contributed by atoms with Gasteiger partial charge in [-0.3, -0.25) is 14.0 Å². The number of H-pyrrole nitrogens is 1. The standard InChI is InChI=1S/C23H24N6O4S2/c1-10-8-13-6-4-5-7-14(13)11(2)17(10)27-21(33)18-12(3)25-23(34-18)28-22-16(20(32)29-35-22)19(24)26-15(31)9-30/h4-8,15,30-31H,9H2,1-3H3,(H2,24,26)(H,25,28)(H,27,33)(H,29,32). The Kier molecular flexibility index (Phi) is 6.98. The van der Waals surface area contributed by atoms with Crippen LogP contribution in [0.2, 0.25) is 0 Å². The first-order chi connectivity index (χ1) is 16.7. The molecule has 0 saturated heterocycles. The van der Waals surface area contributed by atoms with Gasteiger partial charge in [-0.25, -0.2) is 9.98 Å². The summed E-state index contributed by atoms with van der Waals surface area (Å²) < 4.78 is 2.55. The van der Waals surface area contributed by atoms with Gasteiger partial charge >= 0.3 is 0 Å². The maximum absolute atomic E-state index is 13.2. The number of carbonyl (C=O) groups is 1. The minimum atomic E-state index is -1.44. The lowest BCUT2D eigenvalue weighted by molar-refractivity contribution is 0.102. The van der Waals surface area contributed by atoms with Crippen LogP contribution in [0.4, 0.5) is 15.8 Å². The summed E-state index contributed by atoms with van der Waals surface area (Å²) in [7, 11) is 0. The summed E-state index contributed by atoms with van der Waals surface area (Å²) in [5.74, 6) is -0.519. The topological polar surface area (TPSA) is 166 Å². The molecule has 1 amide bonds. The summed E-state index contributed by atoms with van der Waals surface area (Å²) in [5, 5.41) is 27.4. The van der Waals surface area contributed by atoms with E-state index in [1.165, 1.54) is 0 Å². The zero-order valence-corrected chi connectivity index (χ0v) is 20.8. The van der Waals surface area contributed by atoms with Crippen LogP contribution >= 0.6 is 22.9 Å².